The molecule has 15 heavy (non-hydrogen) atoms. The molecular formula is C12H19FN2. The molecule has 1 aromatic rings. The van der Waals surface area contributed by atoms with Crippen molar-refractivity contribution < 1.29 is 4.39 Å². The van der Waals surface area contributed by atoms with Crippen LogP contribution in [-0.2, 0) is 0 Å². The third-order valence-corrected chi connectivity index (χ3v) is 2.45. The molecule has 0 aromatic heterocycles. The molecule has 0 aliphatic heterocycles. The van der Waals surface area contributed by atoms with Gasteiger partial charge in [-0.05, 0) is 50.6 Å². The highest BCUT2D eigenvalue weighted by atomic mass is 19.1. The van der Waals surface area contributed by atoms with Crippen molar-refractivity contribution in [2.24, 2.45) is 5.73 Å². The largest absolute Gasteiger partial charge is 0.330 e. The predicted octanol–water partition coefficient (Wildman–Crippen LogP) is 2.22. The highest BCUT2D eigenvalue weighted by Crippen LogP contribution is 2.12. The van der Waals surface area contributed by atoms with E-state index in [1.165, 1.54) is 12.1 Å². The van der Waals surface area contributed by atoms with Crippen LogP contribution in [0.25, 0.3) is 0 Å². The van der Waals surface area contributed by atoms with Crippen LogP contribution in [0.1, 0.15) is 31.4 Å². The lowest BCUT2D eigenvalue weighted by Gasteiger charge is -2.13. The molecule has 0 saturated carbocycles. The molecule has 0 spiro atoms. The number of rotatable bonds is 6. The lowest BCUT2D eigenvalue weighted by atomic mass is 10.1. The second kappa shape index (κ2) is 6.53. The molecule has 0 aliphatic carbocycles. The lowest BCUT2D eigenvalue weighted by Crippen LogP contribution is -2.20. The van der Waals surface area contributed by atoms with E-state index in [1.54, 1.807) is 0 Å². The first kappa shape index (κ1) is 12.1. The van der Waals surface area contributed by atoms with Gasteiger partial charge in [-0.1, -0.05) is 12.1 Å². The van der Waals surface area contributed by atoms with Crippen molar-refractivity contribution >= 4 is 0 Å². The summed E-state index contributed by atoms with van der Waals surface area (Å²) < 4.78 is 12.7. The molecule has 2 nitrogen and oxygen atoms in total. The van der Waals surface area contributed by atoms with Gasteiger partial charge in [0.1, 0.15) is 5.82 Å². The van der Waals surface area contributed by atoms with Crippen LogP contribution >= 0.6 is 0 Å². The Labute approximate surface area is 90.7 Å². The van der Waals surface area contributed by atoms with Crippen LogP contribution < -0.4 is 11.1 Å². The first-order valence-corrected chi connectivity index (χ1v) is 5.43. The van der Waals surface area contributed by atoms with E-state index in [4.69, 9.17) is 5.73 Å². The van der Waals surface area contributed by atoms with Crippen molar-refractivity contribution in [3.63, 3.8) is 0 Å². The number of hydrogen-bond acceptors (Lipinski definition) is 2. The Hall–Kier alpha value is -0.930. The third-order valence-electron chi connectivity index (χ3n) is 2.45. The third kappa shape index (κ3) is 4.40. The quantitative estimate of drug-likeness (QED) is 0.706. The number of unbranched alkanes of at least 4 members (excludes halogenated alkanes) is 1. The summed E-state index contributed by atoms with van der Waals surface area (Å²) in [7, 11) is 0. The molecule has 1 unspecified atom stereocenters. The van der Waals surface area contributed by atoms with Gasteiger partial charge in [-0.25, -0.2) is 4.39 Å². The molecule has 1 atom stereocenters. The Morgan fingerprint density at radius 3 is 2.53 bits per heavy atom. The normalized spacial score (nSPS) is 12.7. The van der Waals surface area contributed by atoms with Gasteiger partial charge in [0.15, 0.2) is 0 Å². The molecule has 1 rings (SSSR count). The summed E-state index contributed by atoms with van der Waals surface area (Å²) in [6, 6.07) is 6.88. The fraction of sp³-hybridized carbons (Fsp3) is 0.500. The van der Waals surface area contributed by atoms with Crippen molar-refractivity contribution in [3.8, 4) is 0 Å². The standard InChI is InChI=1S/C12H19FN2/c1-10(15-9-3-2-8-14)11-4-6-12(13)7-5-11/h4-7,10,15H,2-3,8-9,14H2,1H3. The van der Waals surface area contributed by atoms with Crippen molar-refractivity contribution in [3.05, 3.63) is 35.6 Å². The average Bonchev–Trinajstić information content (AvgIpc) is 2.25. The summed E-state index contributed by atoms with van der Waals surface area (Å²) in [6.45, 7) is 3.78. The van der Waals surface area contributed by atoms with Gasteiger partial charge in [-0.2, -0.15) is 0 Å². The molecule has 0 heterocycles. The van der Waals surface area contributed by atoms with Gasteiger partial charge in [0.2, 0.25) is 0 Å². The highest BCUT2D eigenvalue weighted by molar-refractivity contribution is 5.19. The van der Waals surface area contributed by atoms with Gasteiger partial charge in [-0.3, -0.25) is 0 Å². The zero-order valence-corrected chi connectivity index (χ0v) is 9.17. The van der Waals surface area contributed by atoms with E-state index in [-0.39, 0.29) is 11.9 Å². The van der Waals surface area contributed by atoms with Crippen LogP contribution in [0.2, 0.25) is 0 Å². The van der Waals surface area contributed by atoms with Crippen LogP contribution in [0.4, 0.5) is 4.39 Å². The number of nitrogens with two attached hydrogens (primary N) is 1. The molecule has 0 fully saturated rings. The highest BCUT2D eigenvalue weighted by Gasteiger charge is 2.03. The zero-order valence-electron chi connectivity index (χ0n) is 9.17. The average molecular weight is 210 g/mol. The van der Waals surface area contributed by atoms with Crippen LogP contribution in [0.3, 0.4) is 0 Å². The van der Waals surface area contributed by atoms with E-state index in [1.807, 2.05) is 12.1 Å². The van der Waals surface area contributed by atoms with Gasteiger partial charge >= 0.3 is 0 Å². The van der Waals surface area contributed by atoms with Crippen molar-refractivity contribution in [2.45, 2.75) is 25.8 Å². The molecule has 3 heteroatoms. The van der Waals surface area contributed by atoms with Gasteiger partial charge < -0.3 is 11.1 Å². The Kier molecular flexibility index (Phi) is 5.29. The molecule has 0 bridgehead atoms. The number of halogens is 1. The number of benzene rings is 1. The van der Waals surface area contributed by atoms with Crippen molar-refractivity contribution in [2.75, 3.05) is 13.1 Å². The second-order valence-corrected chi connectivity index (χ2v) is 3.72. The number of nitrogens with one attached hydrogen (secondary N) is 1. The molecule has 3 N–H and O–H groups in total. The first-order chi connectivity index (χ1) is 7.24. The van der Waals surface area contributed by atoms with Crippen LogP contribution in [0, 0.1) is 5.82 Å². The van der Waals surface area contributed by atoms with E-state index in [2.05, 4.69) is 12.2 Å². The molecule has 0 saturated heterocycles. The predicted molar refractivity (Wildman–Crippen MR) is 61.1 cm³/mol. The topological polar surface area (TPSA) is 38.0 Å². The summed E-state index contributed by atoms with van der Waals surface area (Å²) in [6.07, 6.45) is 2.13. The van der Waals surface area contributed by atoms with Crippen molar-refractivity contribution in [1.82, 2.24) is 5.32 Å². The maximum atomic E-state index is 12.7. The Bertz CT molecular complexity index is 271. The van der Waals surface area contributed by atoms with E-state index in [9.17, 15) is 4.39 Å². The van der Waals surface area contributed by atoms with Gasteiger partial charge in [0.05, 0.1) is 0 Å². The minimum Gasteiger partial charge on any atom is -0.330 e. The second-order valence-electron chi connectivity index (χ2n) is 3.72. The lowest BCUT2D eigenvalue weighted by molar-refractivity contribution is 0.547. The maximum Gasteiger partial charge on any atom is 0.123 e. The van der Waals surface area contributed by atoms with Crippen LogP contribution in [-0.4, -0.2) is 13.1 Å². The fourth-order valence-electron chi connectivity index (χ4n) is 1.46. The SMILES string of the molecule is CC(NCCCCN)c1ccc(F)cc1. The summed E-state index contributed by atoms with van der Waals surface area (Å²) >= 11 is 0. The van der Waals surface area contributed by atoms with Crippen molar-refractivity contribution in [1.29, 1.82) is 0 Å². The summed E-state index contributed by atoms with van der Waals surface area (Å²) in [5, 5.41) is 3.38. The minimum atomic E-state index is -0.186. The first-order valence-electron chi connectivity index (χ1n) is 5.43. The summed E-state index contributed by atoms with van der Waals surface area (Å²) in [5.41, 5.74) is 6.52. The van der Waals surface area contributed by atoms with E-state index in [0.717, 1.165) is 31.5 Å². The smallest absolute Gasteiger partial charge is 0.123 e. The minimum absolute atomic E-state index is 0.186. The van der Waals surface area contributed by atoms with E-state index in [0.29, 0.717) is 0 Å². The monoisotopic (exact) mass is 210 g/mol. The summed E-state index contributed by atoms with van der Waals surface area (Å²) in [4.78, 5) is 0. The molecular weight excluding hydrogens is 191 g/mol. The van der Waals surface area contributed by atoms with Gasteiger partial charge in [0, 0.05) is 6.04 Å². The Morgan fingerprint density at radius 1 is 1.27 bits per heavy atom. The number of hydrogen-bond donors (Lipinski definition) is 2. The van der Waals surface area contributed by atoms with Gasteiger partial charge in [-0.15, -0.1) is 0 Å². The molecule has 0 radical (unpaired) electrons. The molecule has 84 valence electrons. The Morgan fingerprint density at radius 2 is 1.93 bits per heavy atom. The fourth-order valence-corrected chi connectivity index (χ4v) is 1.46. The van der Waals surface area contributed by atoms with Gasteiger partial charge in [0.25, 0.3) is 0 Å². The summed E-state index contributed by atoms with van der Waals surface area (Å²) in [5.74, 6) is -0.186. The molecule has 0 aliphatic rings. The maximum absolute atomic E-state index is 12.7. The van der Waals surface area contributed by atoms with Crippen LogP contribution in [0.15, 0.2) is 24.3 Å². The van der Waals surface area contributed by atoms with E-state index >= 15 is 0 Å². The molecule has 1 aromatic carbocycles. The zero-order chi connectivity index (χ0) is 11.1. The van der Waals surface area contributed by atoms with E-state index < -0.39 is 0 Å². The van der Waals surface area contributed by atoms with Crippen LogP contribution in [0.5, 0.6) is 0 Å². The molecule has 0 amide bonds. The Balaban J connectivity index is 2.33.